The Kier molecular flexibility index (Phi) is 7.87. The summed E-state index contributed by atoms with van der Waals surface area (Å²) < 4.78 is 16.2. The largest absolute Gasteiger partial charge is 0.485 e. The summed E-state index contributed by atoms with van der Waals surface area (Å²) >= 11 is 0. The smallest absolute Gasteiger partial charge is 0.310 e. The summed E-state index contributed by atoms with van der Waals surface area (Å²) in [6.45, 7) is 4.20. The maximum atomic E-state index is 13.1. The van der Waals surface area contributed by atoms with E-state index in [9.17, 15) is 19.2 Å². The number of aryl methyl sites for hydroxylation is 1. The van der Waals surface area contributed by atoms with E-state index in [0.29, 0.717) is 48.7 Å². The third-order valence-corrected chi connectivity index (χ3v) is 6.30. The molecule has 190 valence electrons. The normalized spacial score (nSPS) is 17.2. The molecule has 1 atom stereocenters. The summed E-state index contributed by atoms with van der Waals surface area (Å²) in [6, 6.07) is 12.2. The predicted octanol–water partition coefficient (Wildman–Crippen LogP) is 2.78. The van der Waals surface area contributed by atoms with E-state index in [2.05, 4.69) is 0 Å². The van der Waals surface area contributed by atoms with Gasteiger partial charge in [-0.05, 0) is 57.0 Å². The molecule has 36 heavy (non-hydrogen) atoms. The molecule has 0 aliphatic carbocycles. The van der Waals surface area contributed by atoms with Crippen LogP contribution in [-0.4, -0.2) is 67.9 Å². The van der Waals surface area contributed by atoms with Gasteiger partial charge in [0.05, 0.1) is 18.2 Å². The first-order valence-electron chi connectivity index (χ1n) is 12.1. The van der Waals surface area contributed by atoms with Crippen molar-refractivity contribution in [1.29, 1.82) is 0 Å². The number of ether oxygens (including phenoxy) is 3. The van der Waals surface area contributed by atoms with Crippen molar-refractivity contribution in [2.75, 3.05) is 44.4 Å². The maximum absolute atomic E-state index is 13.1. The zero-order valence-electron chi connectivity index (χ0n) is 20.5. The molecule has 2 aromatic rings. The first kappa shape index (κ1) is 25.2. The number of amides is 2. The summed E-state index contributed by atoms with van der Waals surface area (Å²) in [5, 5.41) is 0. The average molecular weight is 495 g/mol. The summed E-state index contributed by atoms with van der Waals surface area (Å²) in [5.41, 5.74) is 1.79. The Bertz CT molecular complexity index is 1150. The van der Waals surface area contributed by atoms with Gasteiger partial charge in [-0.15, -0.1) is 0 Å². The van der Waals surface area contributed by atoms with Gasteiger partial charge in [0.15, 0.2) is 19.0 Å². The van der Waals surface area contributed by atoms with E-state index in [4.69, 9.17) is 14.2 Å². The number of likely N-dealkylation sites (tertiary alicyclic amines) is 1. The minimum atomic E-state index is -0.379. The highest BCUT2D eigenvalue weighted by Crippen LogP contribution is 2.33. The molecule has 0 saturated carbocycles. The topological polar surface area (TPSA) is 102 Å². The van der Waals surface area contributed by atoms with Gasteiger partial charge in [0, 0.05) is 18.7 Å². The van der Waals surface area contributed by atoms with Gasteiger partial charge in [-0.25, -0.2) is 0 Å². The number of ketones is 1. The number of Topliss-reactive ketones (excluding diaryl/α,β-unsaturated/α-hetero) is 1. The summed E-state index contributed by atoms with van der Waals surface area (Å²) in [7, 11) is 0. The van der Waals surface area contributed by atoms with Gasteiger partial charge in [-0.1, -0.05) is 17.7 Å². The summed E-state index contributed by atoms with van der Waals surface area (Å²) in [6.07, 6.45) is 1.35. The molecule has 0 bridgehead atoms. The zero-order chi connectivity index (χ0) is 25.7. The van der Waals surface area contributed by atoms with Crippen molar-refractivity contribution in [2.45, 2.75) is 26.7 Å². The minimum Gasteiger partial charge on any atom is -0.485 e. The van der Waals surface area contributed by atoms with Crippen LogP contribution in [0, 0.1) is 12.8 Å². The molecule has 2 aliphatic rings. The molecule has 9 heteroatoms. The quantitative estimate of drug-likeness (QED) is 0.411. The fraction of sp³-hybridized carbons (Fsp3) is 0.407. The fourth-order valence-corrected chi connectivity index (χ4v) is 4.31. The van der Waals surface area contributed by atoms with Crippen LogP contribution in [0.25, 0.3) is 0 Å². The summed E-state index contributed by atoms with van der Waals surface area (Å²) in [5.74, 6) is -0.593. The van der Waals surface area contributed by atoms with Crippen LogP contribution in [0.1, 0.15) is 35.7 Å². The highest BCUT2D eigenvalue weighted by Gasteiger charge is 2.33. The Morgan fingerprint density at radius 3 is 2.64 bits per heavy atom. The van der Waals surface area contributed by atoms with E-state index in [-0.39, 0.29) is 55.8 Å². The lowest BCUT2D eigenvalue weighted by molar-refractivity contribution is -0.151. The molecule has 0 aromatic heterocycles. The van der Waals surface area contributed by atoms with Crippen LogP contribution in [0.5, 0.6) is 11.5 Å². The zero-order valence-corrected chi connectivity index (χ0v) is 20.5. The molecule has 1 saturated heterocycles. The SMILES string of the molecule is CCOC(=O)C1CCCN(C(=O)CN2C(=O)COc3ccc(C(=O)COc4ccc(C)cc4)cc32)C1. The van der Waals surface area contributed by atoms with Crippen LogP contribution >= 0.6 is 0 Å². The minimum absolute atomic E-state index is 0.168. The number of piperidine rings is 1. The van der Waals surface area contributed by atoms with Crippen molar-refractivity contribution < 1.29 is 33.4 Å². The standard InChI is InChI=1S/C27H30N2O7/c1-3-34-27(33)20-5-4-12-28(14-20)25(31)15-29-22-13-19(8-11-24(22)36-17-26(29)32)23(30)16-35-21-9-6-18(2)7-10-21/h6-11,13,20H,3-5,12,14-17H2,1-2H3. The second kappa shape index (κ2) is 11.2. The van der Waals surface area contributed by atoms with Crippen molar-refractivity contribution in [1.82, 2.24) is 4.90 Å². The number of anilines is 1. The highest BCUT2D eigenvalue weighted by atomic mass is 16.5. The van der Waals surface area contributed by atoms with Crippen LogP contribution in [-0.2, 0) is 19.1 Å². The van der Waals surface area contributed by atoms with E-state index >= 15 is 0 Å². The van der Waals surface area contributed by atoms with E-state index in [0.717, 1.165) is 5.56 Å². The van der Waals surface area contributed by atoms with Crippen LogP contribution in [0.2, 0.25) is 0 Å². The number of nitrogens with zero attached hydrogens (tertiary/aromatic N) is 2. The van der Waals surface area contributed by atoms with Gasteiger partial charge in [0.1, 0.15) is 18.0 Å². The van der Waals surface area contributed by atoms with E-state index < -0.39 is 0 Å². The van der Waals surface area contributed by atoms with Gasteiger partial charge >= 0.3 is 5.97 Å². The number of esters is 1. The van der Waals surface area contributed by atoms with Crippen LogP contribution in [0.15, 0.2) is 42.5 Å². The molecular weight excluding hydrogens is 464 g/mol. The molecule has 1 unspecified atom stereocenters. The van der Waals surface area contributed by atoms with Crippen molar-refractivity contribution in [3.05, 3.63) is 53.6 Å². The Hall–Kier alpha value is -3.88. The predicted molar refractivity (Wildman–Crippen MR) is 131 cm³/mol. The number of carbonyl (C=O) groups is 4. The lowest BCUT2D eigenvalue weighted by Crippen LogP contribution is -2.49. The van der Waals surface area contributed by atoms with Gasteiger partial charge < -0.3 is 19.1 Å². The lowest BCUT2D eigenvalue weighted by Gasteiger charge is -2.34. The monoisotopic (exact) mass is 494 g/mol. The summed E-state index contributed by atoms with van der Waals surface area (Å²) in [4.78, 5) is 53.7. The molecule has 2 aromatic carbocycles. The molecule has 4 rings (SSSR count). The number of fused-ring (bicyclic) bond motifs is 1. The average Bonchev–Trinajstić information content (AvgIpc) is 2.89. The number of rotatable bonds is 8. The molecule has 0 radical (unpaired) electrons. The third-order valence-electron chi connectivity index (χ3n) is 6.30. The van der Waals surface area contributed by atoms with Crippen molar-refractivity contribution in [3.63, 3.8) is 0 Å². The third kappa shape index (κ3) is 5.84. The van der Waals surface area contributed by atoms with Crippen molar-refractivity contribution in [3.8, 4) is 11.5 Å². The van der Waals surface area contributed by atoms with E-state index in [1.165, 1.54) is 4.90 Å². The van der Waals surface area contributed by atoms with Crippen LogP contribution in [0.3, 0.4) is 0 Å². The van der Waals surface area contributed by atoms with Crippen molar-refractivity contribution in [2.24, 2.45) is 5.92 Å². The number of hydrogen-bond acceptors (Lipinski definition) is 7. The first-order chi connectivity index (χ1) is 17.4. The molecule has 0 spiro atoms. The molecular formula is C27H30N2O7. The van der Waals surface area contributed by atoms with E-state index in [1.807, 2.05) is 19.1 Å². The fourth-order valence-electron chi connectivity index (χ4n) is 4.31. The van der Waals surface area contributed by atoms with Gasteiger partial charge in [0.2, 0.25) is 5.91 Å². The Labute approximate surface area is 209 Å². The molecule has 9 nitrogen and oxygen atoms in total. The second-order valence-corrected chi connectivity index (χ2v) is 8.91. The Morgan fingerprint density at radius 1 is 1.11 bits per heavy atom. The molecule has 2 amide bonds. The Balaban J connectivity index is 1.45. The van der Waals surface area contributed by atoms with Crippen molar-refractivity contribution >= 4 is 29.3 Å². The molecule has 2 aliphatic heterocycles. The molecule has 1 fully saturated rings. The second-order valence-electron chi connectivity index (χ2n) is 8.91. The molecule has 0 N–H and O–H groups in total. The highest BCUT2D eigenvalue weighted by molar-refractivity contribution is 6.04. The van der Waals surface area contributed by atoms with E-state index in [1.54, 1.807) is 42.2 Å². The van der Waals surface area contributed by atoms with Gasteiger partial charge in [0.25, 0.3) is 5.91 Å². The van der Waals surface area contributed by atoms with Gasteiger partial charge in [-0.3, -0.25) is 24.1 Å². The first-order valence-corrected chi connectivity index (χ1v) is 12.1. The van der Waals surface area contributed by atoms with Gasteiger partial charge in [-0.2, -0.15) is 0 Å². The number of benzene rings is 2. The Morgan fingerprint density at radius 2 is 1.89 bits per heavy atom. The van der Waals surface area contributed by atoms with Crippen LogP contribution < -0.4 is 14.4 Å². The lowest BCUT2D eigenvalue weighted by atomic mass is 9.98. The molecule has 2 heterocycles. The van der Waals surface area contributed by atoms with Crippen LogP contribution in [0.4, 0.5) is 5.69 Å². The number of carbonyl (C=O) groups excluding carboxylic acids is 4. The number of hydrogen-bond donors (Lipinski definition) is 0. The maximum Gasteiger partial charge on any atom is 0.310 e.